The first-order valence-corrected chi connectivity index (χ1v) is 7.94. The average Bonchev–Trinajstić information content (AvgIpc) is 2.49. The first-order valence-electron chi connectivity index (χ1n) is 6.09. The summed E-state index contributed by atoms with van der Waals surface area (Å²) < 4.78 is 16.6. The quantitative estimate of drug-likeness (QED) is 0.739. The van der Waals surface area contributed by atoms with Crippen molar-refractivity contribution in [2.45, 2.75) is 0 Å². The van der Waals surface area contributed by atoms with Crippen molar-refractivity contribution in [3.63, 3.8) is 0 Å². The first-order chi connectivity index (χ1) is 10.2. The zero-order chi connectivity index (χ0) is 15.1. The average molecular weight is 347 g/mol. The Kier molecular flexibility index (Phi) is 6.55. The van der Waals surface area contributed by atoms with Gasteiger partial charge >= 0.3 is 8.60 Å². The van der Waals surface area contributed by atoms with E-state index in [9.17, 15) is 0 Å². The fourth-order valence-corrected chi connectivity index (χ4v) is 2.85. The molecule has 0 aliphatic heterocycles. The summed E-state index contributed by atoms with van der Waals surface area (Å²) in [6, 6.07) is 14.0. The number of hydrogen-bond acceptors (Lipinski definition) is 4. The lowest BCUT2D eigenvalue weighted by Gasteiger charge is -2.18. The molecule has 0 radical (unpaired) electrons. The van der Waals surface area contributed by atoms with Gasteiger partial charge in [-0.15, -0.1) is 0 Å². The number of aliphatic hydroxyl groups is 1. The van der Waals surface area contributed by atoms with E-state index in [1.165, 1.54) is 0 Å². The van der Waals surface area contributed by atoms with Gasteiger partial charge in [0.1, 0.15) is 11.5 Å². The molecule has 0 heterocycles. The van der Waals surface area contributed by atoms with Gasteiger partial charge in [-0.3, -0.25) is 4.52 Å². The Morgan fingerprint density at radius 2 is 1.33 bits per heavy atom. The molecule has 4 nitrogen and oxygen atoms in total. The number of para-hydroxylation sites is 2. The Bertz CT molecular complexity index is 535. The Labute approximate surface area is 134 Å². The summed E-state index contributed by atoms with van der Waals surface area (Å²) >= 11 is 12.1. The summed E-state index contributed by atoms with van der Waals surface area (Å²) in [5, 5.41) is 9.77. The third-order valence-corrected chi connectivity index (χ3v) is 4.02. The molecule has 0 unspecified atom stereocenters. The van der Waals surface area contributed by atoms with Gasteiger partial charge in [0, 0.05) is 0 Å². The lowest BCUT2D eigenvalue weighted by Crippen LogP contribution is -2.04. The van der Waals surface area contributed by atoms with E-state index in [1.54, 1.807) is 48.5 Å². The molecule has 0 aliphatic carbocycles. The van der Waals surface area contributed by atoms with Gasteiger partial charge in [0.2, 0.25) is 0 Å². The summed E-state index contributed by atoms with van der Waals surface area (Å²) in [7, 11) is -1.78. The molecular weight excluding hydrogens is 334 g/mol. The Hall–Kier alpha value is -1.03. The number of aliphatic hydroxyl groups excluding tert-OH is 1. The van der Waals surface area contributed by atoms with Crippen LogP contribution in [0, 0.1) is 0 Å². The lowest BCUT2D eigenvalue weighted by molar-refractivity contribution is 0.186. The molecule has 0 saturated heterocycles. The molecular formula is C14H13Cl2O4P. The fourth-order valence-electron chi connectivity index (χ4n) is 1.38. The van der Waals surface area contributed by atoms with Gasteiger partial charge in [-0.05, 0) is 24.3 Å². The standard InChI is InChI=1S/C14H13Cl2O4P/c15-11-5-1-3-7-13(11)19-21(18-10-9-17)20-14-8-4-2-6-12(14)16/h1-8,17H,9-10H2. The van der Waals surface area contributed by atoms with Gasteiger partial charge in [0.15, 0.2) is 0 Å². The zero-order valence-electron chi connectivity index (χ0n) is 10.9. The minimum Gasteiger partial charge on any atom is -0.416 e. The summed E-state index contributed by atoms with van der Waals surface area (Å²) in [5.74, 6) is 0.880. The fraction of sp³-hybridized carbons (Fsp3) is 0.143. The maximum absolute atomic E-state index is 8.88. The third kappa shape index (κ3) is 5.03. The van der Waals surface area contributed by atoms with Gasteiger partial charge in [-0.25, -0.2) is 0 Å². The second-order valence-electron chi connectivity index (χ2n) is 3.82. The topological polar surface area (TPSA) is 47.9 Å². The number of halogens is 2. The van der Waals surface area contributed by atoms with Gasteiger partial charge in [0.05, 0.1) is 23.3 Å². The molecule has 112 valence electrons. The molecule has 0 atom stereocenters. The van der Waals surface area contributed by atoms with Crippen molar-refractivity contribution in [3.8, 4) is 11.5 Å². The maximum Gasteiger partial charge on any atom is 0.463 e. The molecule has 0 spiro atoms. The second kappa shape index (κ2) is 8.42. The van der Waals surface area contributed by atoms with Crippen molar-refractivity contribution < 1.29 is 18.7 Å². The van der Waals surface area contributed by atoms with Crippen LogP contribution in [0.25, 0.3) is 0 Å². The monoisotopic (exact) mass is 346 g/mol. The van der Waals surface area contributed by atoms with Crippen LogP contribution in [-0.4, -0.2) is 18.3 Å². The summed E-state index contributed by atoms with van der Waals surface area (Å²) in [5.41, 5.74) is 0. The molecule has 0 aliphatic rings. The van der Waals surface area contributed by atoms with Crippen LogP contribution in [0.4, 0.5) is 0 Å². The predicted octanol–water partition coefficient (Wildman–Crippen LogP) is 4.69. The van der Waals surface area contributed by atoms with Gasteiger partial charge < -0.3 is 14.2 Å². The highest BCUT2D eigenvalue weighted by molar-refractivity contribution is 7.42. The molecule has 0 bridgehead atoms. The van der Waals surface area contributed by atoms with Crippen LogP contribution in [0.2, 0.25) is 10.0 Å². The number of rotatable bonds is 7. The van der Waals surface area contributed by atoms with E-state index in [2.05, 4.69) is 0 Å². The second-order valence-corrected chi connectivity index (χ2v) is 5.71. The Morgan fingerprint density at radius 1 is 0.857 bits per heavy atom. The summed E-state index contributed by atoms with van der Waals surface area (Å²) in [6.45, 7) is -0.0583. The van der Waals surface area contributed by atoms with Crippen LogP contribution < -0.4 is 9.05 Å². The molecule has 1 N–H and O–H groups in total. The number of hydrogen-bond donors (Lipinski definition) is 1. The molecule has 2 aromatic carbocycles. The van der Waals surface area contributed by atoms with Crippen LogP contribution in [0.3, 0.4) is 0 Å². The van der Waals surface area contributed by atoms with Crippen LogP contribution >= 0.6 is 31.8 Å². The lowest BCUT2D eigenvalue weighted by atomic mass is 10.3. The Balaban J connectivity index is 2.11. The summed E-state index contributed by atoms with van der Waals surface area (Å²) in [6.07, 6.45) is 0. The van der Waals surface area contributed by atoms with Crippen molar-refractivity contribution in [2.75, 3.05) is 13.2 Å². The van der Waals surface area contributed by atoms with Crippen LogP contribution in [-0.2, 0) is 4.52 Å². The van der Waals surface area contributed by atoms with E-state index in [1.807, 2.05) is 0 Å². The minimum atomic E-state index is -1.78. The minimum absolute atomic E-state index is 0.0839. The highest BCUT2D eigenvalue weighted by Crippen LogP contribution is 2.44. The molecule has 0 saturated carbocycles. The smallest absolute Gasteiger partial charge is 0.416 e. The van der Waals surface area contributed by atoms with E-state index < -0.39 is 8.60 Å². The highest BCUT2D eigenvalue weighted by atomic mass is 35.5. The van der Waals surface area contributed by atoms with Gasteiger partial charge in [0.25, 0.3) is 0 Å². The number of benzene rings is 2. The first kappa shape index (κ1) is 16.3. The molecule has 2 aromatic rings. The zero-order valence-corrected chi connectivity index (χ0v) is 13.3. The normalized spacial score (nSPS) is 10.7. The van der Waals surface area contributed by atoms with E-state index >= 15 is 0 Å². The third-order valence-electron chi connectivity index (χ3n) is 2.31. The predicted molar refractivity (Wildman–Crippen MR) is 84.1 cm³/mol. The van der Waals surface area contributed by atoms with Crippen molar-refractivity contribution in [1.82, 2.24) is 0 Å². The molecule has 0 amide bonds. The molecule has 0 aromatic heterocycles. The Morgan fingerprint density at radius 3 is 1.76 bits per heavy atom. The van der Waals surface area contributed by atoms with Crippen molar-refractivity contribution in [2.24, 2.45) is 0 Å². The van der Waals surface area contributed by atoms with Gasteiger partial charge in [-0.2, -0.15) is 0 Å². The van der Waals surface area contributed by atoms with E-state index in [0.717, 1.165) is 0 Å². The molecule has 21 heavy (non-hydrogen) atoms. The van der Waals surface area contributed by atoms with Crippen molar-refractivity contribution >= 4 is 31.8 Å². The SMILES string of the molecule is OCCOP(Oc1ccccc1Cl)Oc1ccccc1Cl. The molecule has 7 heteroatoms. The largest absolute Gasteiger partial charge is 0.463 e. The summed E-state index contributed by atoms with van der Waals surface area (Å²) in [4.78, 5) is 0. The van der Waals surface area contributed by atoms with Crippen LogP contribution in [0.15, 0.2) is 48.5 Å². The highest BCUT2D eigenvalue weighted by Gasteiger charge is 2.19. The van der Waals surface area contributed by atoms with E-state index in [0.29, 0.717) is 21.5 Å². The van der Waals surface area contributed by atoms with Gasteiger partial charge in [-0.1, -0.05) is 47.5 Å². The van der Waals surface area contributed by atoms with Crippen LogP contribution in [0.5, 0.6) is 11.5 Å². The van der Waals surface area contributed by atoms with E-state index in [-0.39, 0.29) is 13.2 Å². The molecule has 0 fully saturated rings. The van der Waals surface area contributed by atoms with E-state index in [4.69, 9.17) is 41.9 Å². The van der Waals surface area contributed by atoms with Crippen molar-refractivity contribution in [3.05, 3.63) is 58.6 Å². The maximum atomic E-state index is 8.88. The van der Waals surface area contributed by atoms with Crippen molar-refractivity contribution in [1.29, 1.82) is 0 Å². The molecule has 2 rings (SSSR count). The van der Waals surface area contributed by atoms with Crippen LogP contribution in [0.1, 0.15) is 0 Å².